The van der Waals surface area contributed by atoms with Crippen LogP contribution in [0.2, 0.25) is 5.02 Å². The highest BCUT2D eigenvalue weighted by molar-refractivity contribution is 9.09. The zero-order valence-electron chi connectivity index (χ0n) is 8.57. The molecule has 0 atom stereocenters. The Morgan fingerprint density at radius 3 is 2.47 bits per heavy atom. The Morgan fingerprint density at radius 1 is 1.47 bits per heavy atom. The number of carbonyl (C=O) groups excluding carboxylic acids is 1. The summed E-state index contributed by atoms with van der Waals surface area (Å²) in [5.74, 6) is -1.17. The Morgan fingerprint density at radius 2 is 2.06 bits per heavy atom. The average Bonchev–Trinajstić information content (AvgIpc) is 2.24. The van der Waals surface area contributed by atoms with Gasteiger partial charge in [0.2, 0.25) is 0 Å². The molecule has 0 N–H and O–H groups in total. The van der Waals surface area contributed by atoms with Crippen LogP contribution in [0, 0.1) is 0 Å². The van der Waals surface area contributed by atoms with Gasteiger partial charge in [-0.05, 0) is 12.1 Å². The molecule has 0 heterocycles. The molecule has 0 aliphatic carbocycles. The average molecular weight is 332 g/mol. The monoisotopic (exact) mass is 330 g/mol. The van der Waals surface area contributed by atoms with Gasteiger partial charge in [-0.3, -0.25) is 4.79 Å². The second-order valence-corrected chi connectivity index (χ2v) is 4.08. The second-order valence-electron chi connectivity index (χ2n) is 3.09. The minimum atomic E-state index is -4.68. The largest absolute Gasteiger partial charge is 0.496 e. The predicted octanol–water partition coefficient (Wildman–Crippen LogP) is 3.95. The van der Waals surface area contributed by atoms with Crippen LogP contribution in [0.3, 0.4) is 0 Å². The molecule has 7 heteroatoms. The maximum Gasteiger partial charge on any atom is 0.420 e. The molecule has 2 nitrogen and oxygen atoms in total. The fourth-order valence-electron chi connectivity index (χ4n) is 1.33. The quantitative estimate of drug-likeness (QED) is 0.619. The van der Waals surface area contributed by atoms with Gasteiger partial charge in [0.25, 0.3) is 0 Å². The van der Waals surface area contributed by atoms with Gasteiger partial charge in [0, 0.05) is 10.6 Å². The van der Waals surface area contributed by atoms with Crippen molar-refractivity contribution in [3.63, 3.8) is 0 Å². The van der Waals surface area contributed by atoms with Gasteiger partial charge >= 0.3 is 6.18 Å². The number of ketones is 1. The minimum Gasteiger partial charge on any atom is -0.496 e. The number of ether oxygens (including phenoxy) is 1. The van der Waals surface area contributed by atoms with E-state index in [9.17, 15) is 18.0 Å². The third-order valence-corrected chi connectivity index (χ3v) is 2.72. The van der Waals surface area contributed by atoms with Gasteiger partial charge in [-0.25, -0.2) is 0 Å². The number of alkyl halides is 4. The molecule has 0 aliphatic rings. The Bertz CT molecular complexity index is 446. The number of hydrogen-bond acceptors (Lipinski definition) is 2. The van der Waals surface area contributed by atoms with Gasteiger partial charge in [0.15, 0.2) is 5.78 Å². The highest BCUT2D eigenvalue weighted by atomic mass is 79.9. The molecule has 0 radical (unpaired) electrons. The smallest absolute Gasteiger partial charge is 0.420 e. The van der Waals surface area contributed by atoms with Crippen LogP contribution in [-0.4, -0.2) is 18.2 Å². The van der Waals surface area contributed by atoms with Crippen LogP contribution in [0.4, 0.5) is 13.2 Å². The van der Waals surface area contributed by atoms with Crippen molar-refractivity contribution in [1.82, 2.24) is 0 Å². The van der Waals surface area contributed by atoms with Crippen molar-refractivity contribution >= 4 is 33.3 Å². The van der Waals surface area contributed by atoms with Crippen LogP contribution < -0.4 is 4.74 Å². The van der Waals surface area contributed by atoms with E-state index < -0.39 is 28.8 Å². The molecule has 1 aromatic carbocycles. The van der Waals surface area contributed by atoms with E-state index in [2.05, 4.69) is 20.7 Å². The van der Waals surface area contributed by atoms with Gasteiger partial charge in [0.05, 0.1) is 12.4 Å². The minimum absolute atomic E-state index is 0.0131. The molecule has 0 unspecified atom stereocenters. The third-order valence-electron chi connectivity index (χ3n) is 1.99. The lowest BCUT2D eigenvalue weighted by molar-refractivity contribution is -0.139. The molecule has 1 rings (SSSR count). The van der Waals surface area contributed by atoms with Crippen molar-refractivity contribution in [3.8, 4) is 5.75 Å². The summed E-state index contributed by atoms with van der Waals surface area (Å²) in [6.45, 7) is 0. The maximum absolute atomic E-state index is 12.8. The summed E-state index contributed by atoms with van der Waals surface area (Å²) < 4.78 is 43.1. The van der Waals surface area contributed by atoms with E-state index >= 15 is 0 Å². The highest BCUT2D eigenvalue weighted by Gasteiger charge is 2.38. The Hall–Kier alpha value is -0.750. The molecule has 0 fully saturated rings. The fraction of sp³-hybridized carbons (Fsp3) is 0.300. The van der Waals surface area contributed by atoms with Crippen molar-refractivity contribution in [1.29, 1.82) is 0 Å². The number of carbonyl (C=O) groups is 1. The van der Waals surface area contributed by atoms with Crippen molar-refractivity contribution in [2.75, 3.05) is 12.4 Å². The molecule has 94 valence electrons. The van der Waals surface area contributed by atoms with E-state index in [0.717, 1.165) is 19.2 Å². The molecule has 0 saturated heterocycles. The molecule has 0 amide bonds. The highest BCUT2D eigenvalue weighted by Crippen LogP contribution is 2.40. The van der Waals surface area contributed by atoms with Gasteiger partial charge in [-0.1, -0.05) is 27.5 Å². The summed E-state index contributed by atoms with van der Waals surface area (Å²) in [6, 6.07) is 2.01. The van der Waals surface area contributed by atoms with E-state index in [1.807, 2.05) is 0 Å². The molecule has 0 aliphatic heterocycles. The summed E-state index contributed by atoms with van der Waals surface area (Å²) in [7, 11) is 1.09. The van der Waals surface area contributed by atoms with Gasteiger partial charge < -0.3 is 4.74 Å². The van der Waals surface area contributed by atoms with Crippen LogP contribution in [-0.2, 0) is 6.18 Å². The zero-order chi connectivity index (χ0) is 13.2. The summed E-state index contributed by atoms with van der Waals surface area (Å²) in [5, 5.41) is -0.210. The van der Waals surface area contributed by atoms with Gasteiger partial charge in [-0.15, -0.1) is 0 Å². The van der Waals surface area contributed by atoms with Crippen molar-refractivity contribution in [2.45, 2.75) is 6.18 Å². The van der Waals surface area contributed by atoms with E-state index in [4.69, 9.17) is 11.6 Å². The normalized spacial score (nSPS) is 11.4. The van der Waals surface area contributed by atoms with Crippen LogP contribution in [0.1, 0.15) is 15.9 Å². The Balaban J connectivity index is 3.56. The topological polar surface area (TPSA) is 26.3 Å². The summed E-state index contributed by atoms with van der Waals surface area (Å²) in [4.78, 5) is 11.4. The second kappa shape index (κ2) is 5.27. The first-order valence-electron chi connectivity index (χ1n) is 4.35. The van der Waals surface area contributed by atoms with Gasteiger partial charge in [-0.2, -0.15) is 13.2 Å². The third kappa shape index (κ3) is 3.13. The maximum atomic E-state index is 12.8. The molecule has 17 heavy (non-hydrogen) atoms. The van der Waals surface area contributed by atoms with Crippen molar-refractivity contribution in [2.24, 2.45) is 0 Å². The number of halogens is 5. The lowest BCUT2D eigenvalue weighted by atomic mass is 10.0. The van der Waals surface area contributed by atoms with Crippen LogP contribution in [0.25, 0.3) is 0 Å². The standard InChI is InChI=1S/C10H7BrClF3O2/c1-17-8-3-5(12)2-6(7(16)4-11)9(8)10(13,14)15/h2-3H,4H2,1H3. The lowest BCUT2D eigenvalue weighted by Crippen LogP contribution is -2.15. The van der Waals surface area contributed by atoms with Gasteiger partial charge in [0.1, 0.15) is 11.3 Å². The molecular weight excluding hydrogens is 324 g/mol. The fourth-order valence-corrected chi connectivity index (χ4v) is 1.84. The SMILES string of the molecule is COc1cc(Cl)cc(C(=O)CBr)c1C(F)(F)F. The molecule has 1 aromatic rings. The summed E-state index contributed by atoms with van der Waals surface area (Å²) >= 11 is 8.46. The number of benzene rings is 1. The number of rotatable bonds is 3. The number of hydrogen-bond donors (Lipinski definition) is 0. The molecule has 0 aromatic heterocycles. The Kier molecular flexibility index (Phi) is 4.43. The summed E-state index contributed by atoms with van der Waals surface area (Å²) in [6.07, 6.45) is -4.68. The van der Waals surface area contributed by atoms with Crippen molar-refractivity contribution in [3.05, 3.63) is 28.3 Å². The molecule has 0 bridgehead atoms. The molecule has 0 saturated carbocycles. The van der Waals surface area contributed by atoms with E-state index in [1.54, 1.807) is 0 Å². The van der Waals surface area contributed by atoms with Crippen LogP contribution in [0.5, 0.6) is 5.75 Å². The van der Waals surface area contributed by atoms with E-state index in [0.29, 0.717) is 0 Å². The number of Topliss-reactive ketones (excluding diaryl/α,β-unsaturated/α-hetero) is 1. The van der Waals surface area contributed by atoms with E-state index in [1.165, 1.54) is 0 Å². The van der Waals surface area contributed by atoms with Crippen molar-refractivity contribution < 1.29 is 22.7 Å². The molecule has 0 spiro atoms. The first kappa shape index (κ1) is 14.3. The zero-order valence-corrected chi connectivity index (χ0v) is 10.9. The van der Waals surface area contributed by atoms with Crippen LogP contribution in [0.15, 0.2) is 12.1 Å². The van der Waals surface area contributed by atoms with E-state index in [-0.39, 0.29) is 10.4 Å². The van der Waals surface area contributed by atoms with Crippen LogP contribution >= 0.6 is 27.5 Å². The number of methoxy groups -OCH3 is 1. The predicted molar refractivity (Wildman–Crippen MR) is 61.1 cm³/mol. The Labute approximate surface area is 109 Å². The lowest BCUT2D eigenvalue weighted by Gasteiger charge is -2.15. The summed E-state index contributed by atoms with van der Waals surface area (Å²) in [5.41, 5.74) is -1.60. The molecular formula is C10H7BrClF3O2. The first-order valence-corrected chi connectivity index (χ1v) is 5.85. The first-order chi connectivity index (χ1) is 7.81.